The molecule has 1 aliphatic heterocycles. The Labute approximate surface area is 170 Å². The lowest BCUT2D eigenvalue weighted by Crippen LogP contribution is -3.28. The standard InChI is InChI=1S/C20H27N5O2S/c1-15-18(19(27)23(2)3)28-20(21-15)22-17(26)14-25-11-9-24(10-12-25)13-16-7-5-4-6-8-16/h4-8H,9-14H2,1-3H3,(H,21,22,26)/p+2. The zero-order valence-electron chi connectivity index (χ0n) is 16.7. The van der Waals surface area contributed by atoms with Crippen LogP contribution in [0.25, 0.3) is 0 Å². The molecule has 0 radical (unpaired) electrons. The SMILES string of the molecule is Cc1nc(NC(=O)C[NH+]2CC[NH+](Cc3ccccc3)CC2)sc1C(=O)N(C)C. The Hall–Kier alpha value is -2.29. The summed E-state index contributed by atoms with van der Waals surface area (Å²) >= 11 is 1.24. The van der Waals surface area contributed by atoms with Gasteiger partial charge in [-0.1, -0.05) is 41.7 Å². The van der Waals surface area contributed by atoms with Crippen molar-refractivity contribution in [1.29, 1.82) is 0 Å². The number of rotatable bonds is 6. The second kappa shape index (κ2) is 9.27. The molecule has 0 atom stereocenters. The summed E-state index contributed by atoms with van der Waals surface area (Å²) in [4.78, 5) is 33.8. The molecule has 1 aliphatic rings. The number of aromatic nitrogens is 1. The Morgan fingerprint density at radius 2 is 1.75 bits per heavy atom. The number of thiazole rings is 1. The fourth-order valence-corrected chi connectivity index (χ4v) is 4.44. The zero-order chi connectivity index (χ0) is 20.1. The van der Waals surface area contributed by atoms with Crippen molar-refractivity contribution in [2.45, 2.75) is 13.5 Å². The van der Waals surface area contributed by atoms with Crippen LogP contribution in [0.4, 0.5) is 5.13 Å². The number of carbonyl (C=O) groups is 2. The molecule has 28 heavy (non-hydrogen) atoms. The van der Waals surface area contributed by atoms with Crippen molar-refractivity contribution in [2.24, 2.45) is 0 Å². The molecule has 2 aromatic rings. The highest BCUT2D eigenvalue weighted by molar-refractivity contribution is 7.17. The minimum Gasteiger partial charge on any atom is -0.344 e. The highest BCUT2D eigenvalue weighted by Gasteiger charge is 2.25. The van der Waals surface area contributed by atoms with Crippen molar-refractivity contribution in [3.63, 3.8) is 0 Å². The van der Waals surface area contributed by atoms with E-state index in [1.54, 1.807) is 25.9 Å². The molecule has 8 heteroatoms. The third kappa shape index (κ3) is 5.37. The van der Waals surface area contributed by atoms with Crippen molar-refractivity contribution in [2.75, 3.05) is 52.1 Å². The van der Waals surface area contributed by atoms with Gasteiger partial charge in [-0.3, -0.25) is 14.9 Å². The molecule has 1 aromatic heterocycles. The molecule has 0 unspecified atom stereocenters. The van der Waals surface area contributed by atoms with Crippen molar-refractivity contribution < 1.29 is 19.4 Å². The lowest BCUT2D eigenvalue weighted by Gasteiger charge is -2.29. The molecule has 0 saturated carbocycles. The first-order valence-electron chi connectivity index (χ1n) is 9.62. The molecule has 7 nitrogen and oxygen atoms in total. The number of benzene rings is 1. The molecular formula is C20H29N5O2S+2. The van der Waals surface area contributed by atoms with Crippen LogP contribution >= 0.6 is 11.3 Å². The van der Waals surface area contributed by atoms with Crippen molar-refractivity contribution in [1.82, 2.24) is 9.88 Å². The Balaban J connectivity index is 1.46. The molecular weight excluding hydrogens is 374 g/mol. The fraction of sp³-hybridized carbons (Fsp3) is 0.450. The van der Waals surface area contributed by atoms with E-state index in [1.807, 2.05) is 6.07 Å². The topological polar surface area (TPSA) is 71.2 Å². The molecule has 2 amide bonds. The predicted molar refractivity (Wildman–Crippen MR) is 110 cm³/mol. The third-order valence-corrected chi connectivity index (χ3v) is 6.08. The van der Waals surface area contributed by atoms with Crippen LogP contribution in [0, 0.1) is 6.92 Å². The number of carbonyl (C=O) groups excluding carboxylic acids is 2. The quantitative estimate of drug-likeness (QED) is 0.584. The molecule has 3 N–H and O–H groups in total. The van der Waals surface area contributed by atoms with E-state index in [-0.39, 0.29) is 11.8 Å². The summed E-state index contributed by atoms with van der Waals surface area (Å²) in [5, 5.41) is 3.37. The summed E-state index contributed by atoms with van der Waals surface area (Å²) in [5.74, 6) is -0.127. The second-order valence-electron chi connectivity index (χ2n) is 7.52. The Bertz CT molecular complexity index is 813. The van der Waals surface area contributed by atoms with Crippen LogP contribution in [0.1, 0.15) is 20.9 Å². The number of nitrogens with one attached hydrogen (secondary N) is 3. The van der Waals surface area contributed by atoms with Gasteiger partial charge in [-0.2, -0.15) is 0 Å². The van der Waals surface area contributed by atoms with Crippen LogP contribution in [0.2, 0.25) is 0 Å². The predicted octanol–water partition coefficient (Wildman–Crippen LogP) is -0.925. The lowest BCUT2D eigenvalue weighted by atomic mass is 10.2. The number of aryl methyl sites for hydroxylation is 1. The third-order valence-electron chi connectivity index (χ3n) is 5.02. The summed E-state index contributed by atoms with van der Waals surface area (Å²) in [6.45, 7) is 7.37. The van der Waals surface area contributed by atoms with E-state index >= 15 is 0 Å². The van der Waals surface area contributed by atoms with Gasteiger partial charge in [0, 0.05) is 19.7 Å². The first-order valence-corrected chi connectivity index (χ1v) is 10.4. The van der Waals surface area contributed by atoms with E-state index in [9.17, 15) is 9.59 Å². The van der Waals surface area contributed by atoms with Gasteiger partial charge < -0.3 is 14.7 Å². The highest BCUT2D eigenvalue weighted by Crippen LogP contribution is 2.23. The van der Waals surface area contributed by atoms with Crippen LogP contribution in [0.5, 0.6) is 0 Å². The molecule has 150 valence electrons. The van der Waals surface area contributed by atoms with Gasteiger partial charge in [-0.15, -0.1) is 0 Å². The molecule has 0 aliphatic carbocycles. The summed E-state index contributed by atoms with van der Waals surface area (Å²) < 4.78 is 0. The van der Waals surface area contributed by atoms with Crippen molar-refractivity contribution in [3.8, 4) is 0 Å². The number of anilines is 1. The number of quaternary nitrogens is 2. The van der Waals surface area contributed by atoms with Crippen LogP contribution < -0.4 is 15.1 Å². The molecule has 3 rings (SSSR count). The van der Waals surface area contributed by atoms with E-state index in [0.29, 0.717) is 22.2 Å². The van der Waals surface area contributed by atoms with Crippen molar-refractivity contribution >= 4 is 28.3 Å². The fourth-order valence-electron chi connectivity index (χ4n) is 3.44. The van der Waals surface area contributed by atoms with Gasteiger partial charge in [-0.05, 0) is 6.92 Å². The first kappa shape index (κ1) is 20.4. The minimum atomic E-state index is -0.0846. The van der Waals surface area contributed by atoms with Crippen LogP contribution in [0.15, 0.2) is 30.3 Å². The number of hydrogen-bond donors (Lipinski definition) is 3. The van der Waals surface area contributed by atoms with Gasteiger partial charge in [0.2, 0.25) is 0 Å². The van der Waals surface area contributed by atoms with Crippen LogP contribution in [0.3, 0.4) is 0 Å². The summed E-state index contributed by atoms with van der Waals surface area (Å²) in [5.41, 5.74) is 2.02. The summed E-state index contributed by atoms with van der Waals surface area (Å²) in [7, 11) is 3.42. The first-order chi connectivity index (χ1) is 13.4. The molecule has 2 heterocycles. The largest absolute Gasteiger partial charge is 0.344 e. The Morgan fingerprint density at radius 1 is 1.11 bits per heavy atom. The highest BCUT2D eigenvalue weighted by atomic mass is 32.1. The number of nitrogens with zero attached hydrogens (tertiary/aromatic N) is 2. The molecule has 0 bridgehead atoms. The van der Waals surface area contributed by atoms with E-state index in [1.165, 1.54) is 26.7 Å². The molecule has 1 saturated heterocycles. The van der Waals surface area contributed by atoms with Crippen molar-refractivity contribution in [3.05, 3.63) is 46.5 Å². The number of hydrogen-bond acceptors (Lipinski definition) is 4. The van der Waals surface area contributed by atoms with E-state index in [4.69, 9.17) is 0 Å². The maximum Gasteiger partial charge on any atom is 0.281 e. The monoisotopic (exact) mass is 403 g/mol. The average Bonchev–Trinajstić information content (AvgIpc) is 3.03. The molecule has 1 aromatic carbocycles. The van der Waals surface area contributed by atoms with Gasteiger partial charge in [0.1, 0.15) is 37.6 Å². The van der Waals surface area contributed by atoms with Gasteiger partial charge >= 0.3 is 0 Å². The minimum absolute atomic E-state index is 0.0425. The summed E-state index contributed by atoms with van der Waals surface area (Å²) in [6, 6.07) is 10.6. The Morgan fingerprint density at radius 3 is 2.39 bits per heavy atom. The van der Waals surface area contributed by atoms with Gasteiger partial charge in [-0.25, -0.2) is 4.98 Å². The zero-order valence-corrected chi connectivity index (χ0v) is 17.6. The number of amides is 2. The lowest BCUT2D eigenvalue weighted by molar-refractivity contribution is -1.02. The van der Waals surface area contributed by atoms with Gasteiger partial charge in [0.05, 0.1) is 5.69 Å². The van der Waals surface area contributed by atoms with Crippen LogP contribution in [-0.4, -0.2) is 68.5 Å². The molecule has 1 fully saturated rings. The van der Waals surface area contributed by atoms with Gasteiger partial charge in [0.25, 0.3) is 11.8 Å². The average molecular weight is 404 g/mol. The van der Waals surface area contributed by atoms with E-state index in [2.05, 4.69) is 34.6 Å². The normalized spacial score (nSPS) is 19.2. The number of piperazine rings is 1. The van der Waals surface area contributed by atoms with E-state index in [0.717, 1.165) is 32.7 Å². The van der Waals surface area contributed by atoms with Gasteiger partial charge in [0.15, 0.2) is 11.7 Å². The maximum absolute atomic E-state index is 12.4. The maximum atomic E-state index is 12.4. The second-order valence-corrected chi connectivity index (χ2v) is 8.52. The summed E-state index contributed by atoms with van der Waals surface area (Å²) in [6.07, 6.45) is 0. The smallest absolute Gasteiger partial charge is 0.281 e. The molecule has 0 spiro atoms. The van der Waals surface area contributed by atoms with E-state index < -0.39 is 0 Å². The van der Waals surface area contributed by atoms with Crippen LogP contribution in [-0.2, 0) is 11.3 Å². The Kier molecular flexibility index (Phi) is 6.77.